The largest absolute Gasteiger partial charge is 0.394 e. The molecule has 0 radical (unpaired) electrons. The molecular formula is C32H39N7O7. The summed E-state index contributed by atoms with van der Waals surface area (Å²) in [5, 5.41) is 29.2. The van der Waals surface area contributed by atoms with Gasteiger partial charge in [0.2, 0.25) is 23.4 Å². The predicted molar refractivity (Wildman–Crippen MR) is 167 cm³/mol. The number of nitrogens with two attached hydrogens (primary N) is 1. The highest BCUT2D eigenvalue weighted by molar-refractivity contribution is 5.99. The highest BCUT2D eigenvalue weighted by atomic mass is 16.3. The SMILES string of the molecule is CC(C)(CO)NC(=O)[C@@]1(O)[C@@H](NC(=O)[C@H](CC(N)=O)NC(=O)c2cnc3ccccc3n2)CCN1C(=O)CCCc1ccccc1. The van der Waals surface area contributed by atoms with Crippen molar-refractivity contribution >= 4 is 40.6 Å². The third-order valence-corrected chi connectivity index (χ3v) is 7.74. The maximum absolute atomic E-state index is 13.6. The monoisotopic (exact) mass is 633 g/mol. The van der Waals surface area contributed by atoms with Crippen LogP contribution >= 0.6 is 0 Å². The van der Waals surface area contributed by atoms with Gasteiger partial charge in [-0.15, -0.1) is 0 Å². The molecule has 14 heteroatoms. The number of para-hydroxylation sites is 2. The number of primary amides is 1. The Kier molecular flexibility index (Phi) is 10.6. The fourth-order valence-electron chi connectivity index (χ4n) is 5.23. The van der Waals surface area contributed by atoms with Gasteiger partial charge >= 0.3 is 0 Å². The first-order chi connectivity index (χ1) is 21.8. The number of aromatic nitrogens is 2. The lowest BCUT2D eigenvalue weighted by Crippen LogP contribution is -2.69. The first-order valence-corrected chi connectivity index (χ1v) is 15.0. The fourth-order valence-corrected chi connectivity index (χ4v) is 5.23. The summed E-state index contributed by atoms with van der Waals surface area (Å²) in [7, 11) is 0. The van der Waals surface area contributed by atoms with Crippen LogP contribution in [-0.2, 0) is 25.6 Å². The number of aliphatic hydroxyl groups is 2. The van der Waals surface area contributed by atoms with Crippen molar-refractivity contribution in [3.63, 3.8) is 0 Å². The van der Waals surface area contributed by atoms with E-state index in [4.69, 9.17) is 5.73 Å². The standard InChI is InChI=1S/C32H39N7O7/c1-31(2,19-40)38-30(45)32(46)25(15-16-39(32)27(42)14-8-11-20-9-4-3-5-10-20)37-28(43)23(17-26(33)41)36-29(44)24-18-34-21-12-6-7-13-22(21)35-24/h3-7,9-10,12-13,18,23,25,40,46H,8,11,14-17,19H2,1-2H3,(H2,33,41)(H,36,44)(H,37,43)(H,38,45)/t23-,25-,32-/m0/s1. The molecule has 0 aliphatic carbocycles. The number of likely N-dealkylation sites (tertiary alicyclic amines) is 1. The lowest BCUT2D eigenvalue weighted by molar-refractivity contribution is -0.173. The second-order valence-electron chi connectivity index (χ2n) is 11.9. The number of benzene rings is 2. The van der Waals surface area contributed by atoms with E-state index in [2.05, 4.69) is 25.9 Å². The molecule has 46 heavy (non-hydrogen) atoms. The van der Waals surface area contributed by atoms with E-state index >= 15 is 0 Å². The third-order valence-electron chi connectivity index (χ3n) is 7.74. The van der Waals surface area contributed by atoms with Crippen molar-refractivity contribution in [2.24, 2.45) is 5.73 Å². The normalized spacial score (nSPS) is 18.5. The number of fused-ring (bicyclic) bond motifs is 1. The first-order valence-electron chi connectivity index (χ1n) is 15.0. The Hall–Kier alpha value is -4.95. The quantitative estimate of drug-likeness (QED) is 0.148. The Morgan fingerprint density at radius 2 is 1.74 bits per heavy atom. The molecule has 7 N–H and O–H groups in total. The number of aryl methyl sites for hydroxylation is 1. The van der Waals surface area contributed by atoms with Crippen molar-refractivity contribution in [3.05, 3.63) is 72.1 Å². The van der Waals surface area contributed by atoms with Crippen LogP contribution in [0.1, 0.15) is 55.6 Å². The summed E-state index contributed by atoms with van der Waals surface area (Å²) in [6, 6.07) is 13.5. The molecule has 1 fully saturated rings. The molecule has 0 bridgehead atoms. The molecule has 0 spiro atoms. The van der Waals surface area contributed by atoms with Crippen LogP contribution in [0.15, 0.2) is 60.8 Å². The molecule has 1 aromatic heterocycles. The smallest absolute Gasteiger partial charge is 0.276 e. The first kappa shape index (κ1) is 33.9. The zero-order valence-corrected chi connectivity index (χ0v) is 25.7. The minimum Gasteiger partial charge on any atom is -0.394 e. The van der Waals surface area contributed by atoms with E-state index in [0.717, 1.165) is 10.5 Å². The van der Waals surface area contributed by atoms with Gasteiger partial charge in [0.15, 0.2) is 0 Å². The third kappa shape index (κ3) is 8.00. The van der Waals surface area contributed by atoms with Crippen LogP contribution in [0.2, 0.25) is 0 Å². The molecule has 3 aromatic rings. The number of nitrogens with zero attached hydrogens (tertiary/aromatic N) is 3. The minimum absolute atomic E-state index is 0.0156. The van der Waals surface area contributed by atoms with Gasteiger partial charge in [0.25, 0.3) is 11.8 Å². The van der Waals surface area contributed by atoms with E-state index in [-0.39, 0.29) is 25.1 Å². The molecule has 14 nitrogen and oxygen atoms in total. The molecule has 1 aliphatic rings. The molecule has 5 amide bonds. The highest BCUT2D eigenvalue weighted by Gasteiger charge is 2.56. The number of hydrogen-bond acceptors (Lipinski definition) is 9. The van der Waals surface area contributed by atoms with E-state index in [1.165, 1.54) is 20.0 Å². The van der Waals surface area contributed by atoms with Gasteiger partial charge in [-0.3, -0.25) is 29.0 Å². The zero-order chi connectivity index (χ0) is 33.5. The molecule has 3 atom stereocenters. The number of hydrogen-bond donors (Lipinski definition) is 6. The molecule has 1 aliphatic heterocycles. The van der Waals surface area contributed by atoms with Gasteiger partial charge in [-0.2, -0.15) is 0 Å². The van der Waals surface area contributed by atoms with Gasteiger partial charge in [0.05, 0.1) is 41.8 Å². The van der Waals surface area contributed by atoms with Crippen LogP contribution in [0.25, 0.3) is 11.0 Å². The van der Waals surface area contributed by atoms with E-state index in [0.29, 0.717) is 23.9 Å². The average Bonchev–Trinajstić information content (AvgIpc) is 3.37. The molecule has 0 unspecified atom stereocenters. The van der Waals surface area contributed by atoms with Crippen LogP contribution in [0.3, 0.4) is 0 Å². The maximum Gasteiger partial charge on any atom is 0.276 e. The number of aliphatic hydroxyl groups excluding tert-OH is 1. The Labute approximate surface area is 265 Å². The van der Waals surface area contributed by atoms with Crippen molar-refractivity contribution in [1.29, 1.82) is 0 Å². The van der Waals surface area contributed by atoms with Gasteiger partial charge in [0.1, 0.15) is 11.7 Å². The summed E-state index contributed by atoms with van der Waals surface area (Å²) in [5.74, 6) is -4.14. The van der Waals surface area contributed by atoms with Gasteiger partial charge < -0.3 is 36.8 Å². The Morgan fingerprint density at radius 1 is 1.07 bits per heavy atom. The van der Waals surface area contributed by atoms with Gasteiger partial charge in [-0.05, 0) is 50.8 Å². The molecule has 4 rings (SSSR count). The second-order valence-corrected chi connectivity index (χ2v) is 11.9. The van der Waals surface area contributed by atoms with Crippen molar-refractivity contribution in [1.82, 2.24) is 30.8 Å². The molecule has 0 saturated carbocycles. The number of carbonyl (C=O) groups excluding carboxylic acids is 5. The summed E-state index contributed by atoms with van der Waals surface area (Å²) in [5.41, 5.74) is 3.56. The second kappa shape index (κ2) is 14.4. The summed E-state index contributed by atoms with van der Waals surface area (Å²) in [6.07, 6.45) is 1.66. The van der Waals surface area contributed by atoms with Crippen LogP contribution in [-0.4, -0.2) is 91.1 Å². The molecular weight excluding hydrogens is 594 g/mol. The van der Waals surface area contributed by atoms with Crippen LogP contribution in [0.4, 0.5) is 0 Å². The predicted octanol–water partition coefficient (Wildman–Crippen LogP) is -0.0807. The van der Waals surface area contributed by atoms with Crippen molar-refractivity contribution in [2.45, 2.75) is 69.3 Å². The van der Waals surface area contributed by atoms with Crippen LogP contribution in [0.5, 0.6) is 0 Å². The molecule has 2 heterocycles. The van der Waals surface area contributed by atoms with E-state index < -0.39 is 65.9 Å². The Morgan fingerprint density at radius 3 is 2.41 bits per heavy atom. The van der Waals surface area contributed by atoms with Crippen molar-refractivity contribution < 1.29 is 34.2 Å². The summed E-state index contributed by atoms with van der Waals surface area (Å²) >= 11 is 0. The number of rotatable bonds is 13. The number of carbonyl (C=O) groups is 5. The lowest BCUT2D eigenvalue weighted by atomic mass is 9.99. The highest BCUT2D eigenvalue weighted by Crippen LogP contribution is 2.30. The molecule has 1 saturated heterocycles. The Balaban J connectivity index is 1.53. The topological polar surface area (TPSA) is 217 Å². The van der Waals surface area contributed by atoms with E-state index in [9.17, 15) is 34.2 Å². The van der Waals surface area contributed by atoms with E-state index in [1.54, 1.807) is 24.3 Å². The van der Waals surface area contributed by atoms with Crippen LogP contribution < -0.4 is 21.7 Å². The van der Waals surface area contributed by atoms with E-state index in [1.807, 2.05) is 30.3 Å². The fraction of sp³-hybridized carbons (Fsp3) is 0.406. The van der Waals surface area contributed by atoms with Gasteiger partial charge in [-0.25, -0.2) is 4.98 Å². The summed E-state index contributed by atoms with van der Waals surface area (Å²) < 4.78 is 0. The number of nitrogens with one attached hydrogen (secondary N) is 3. The lowest BCUT2D eigenvalue weighted by Gasteiger charge is -2.39. The maximum atomic E-state index is 13.6. The van der Waals surface area contributed by atoms with Crippen molar-refractivity contribution in [2.75, 3.05) is 13.2 Å². The molecule has 2 aromatic carbocycles. The summed E-state index contributed by atoms with van der Waals surface area (Å²) in [6.45, 7) is 2.51. The van der Waals surface area contributed by atoms with Gasteiger partial charge in [-0.1, -0.05) is 42.5 Å². The van der Waals surface area contributed by atoms with Crippen LogP contribution in [0, 0.1) is 0 Å². The van der Waals surface area contributed by atoms with Crippen molar-refractivity contribution in [3.8, 4) is 0 Å². The summed E-state index contributed by atoms with van der Waals surface area (Å²) in [4.78, 5) is 74.9. The zero-order valence-electron chi connectivity index (χ0n) is 25.7. The minimum atomic E-state index is -2.54. The average molecular weight is 634 g/mol. The number of amides is 5. The molecule has 244 valence electrons. The van der Waals surface area contributed by atoms with Gasteiger partial charge in [0, 0.05) is 13.0 Å². The Bertz CT molecular complexity index is 1600.